The van der Waals surface area contributed by atoms with Crippen LogP contribution in [0.5, 0.6) is 5.75 Å². The van der Waals surface area contributed by atoms with Crippen LogP contribution in [0.15, 0.2) is 24.3 Å². The van der Waals surface area contributed by atoms with Crippen LogP contribution in [-0.4, -0.2) is 55.7 Å². The minimum atomic E-state index is 0.285. The molecule has 1 fully saturated rings. The zero-order valence-corrected chi connectivity index (χ0v) is 13.6. The van der Waals surface area contributed by atoms with E-state index < -0.39 is 0 Å². The second-order valence-electron chi connectivity index (χ2n) is 5.71. The number of ether oxygens (including phenoxy) is 1. The van der Waals surface area contributed by atoms with Crippen LogP contribution in [0.2, 0.25) is 0 Å². The number of nitrogens with two attached hydrogens (primary N) is 1. The number of methoxy groups -OCH3 is 1. The molecule has 118 valence electrons. The number of nitrogens with zero attached hydrogens (tertiary/aromatic N) is 2. The molecule has 0 amide bonds. The molecule has 1 saturated heterocycles. The topological polar surface area (TPSA) is 41.7 Å². The Bertz CT molecular complexity index is 438. The molecule has 4 heteroatoms. The largest absolute Gasteiger partial charge is 0.497 e. The molecule has 0 spiro atoms. The standard InChI is InChI=1S/C17H29N3O/c1-4-15-13-20(10-9-19(15)5-2)17(12-18)14-7-6-8-16(11-14)21-3/h6-8,11,15,17H,4-5,9-10,12-13,18H2,1-3H3. The summed E-state index contributed by atoms with van der Waals surface area (Å²) in [5.74, 6) is 0.908. The summed E-state index contributed by atoms with van der Waals surface area (Å²) < 4.78 is 5.35. The van der Waals surface area contributed by atoms with Crippen molar-refractivity contribution in [2.24, 2.45) is 5.73 Å². The number of likely N-dealkylation sites (N-methyl/N-ethyl adjacent to an activating group) is 1. The molecule has 0 saturated carbocycles. The van der Waals surface area contributed by atoms with E-state index >= 15 is 0 Å². The Balaban J connectivity index is 2.13. The van der Waals surface area contributed by atoms with Gasteiger partial charge in [-0.15, -0.1) is 0 Å². The van der Waals surface area contributed by atoms with Crippen LogP contribution < -0.4 is 10.5 Å². The van der Waals surface area contributed by atoms with Gasteiger partial charge < -0.3 is 10.5 Å². The number of hydrogen-bond donors (Lipinski definition) is 1. The molecule has 0 aliphatic carbocycles. The Kier molecular flexibility index (Phi) is 6.03. The van der Waals surface area contributed by atoms with Crippen molar-refractivity contribution in [3.05, 3.63) is 29.8 Å². The first-order valence-corrected chi connectivity index (χ1v) is 8.05. The van der Waals surface area contributed by atoms with Crippen LogP contribution in [0.3, 0.4) is 0 Å². The Labute approximate surface area is 128 Å². The molecule has 0 aromatic heterocycles. The van der Waals surface area contributed by atoms with Gasteiger partial charge in [0.05, 0.1) is 7.11 Å². The number of rotatable bonds is 6. The minimum Gasteiger partial charge on any atom is -0.497 e. The van der Waals surface area contributed by atoms with Crippen LogP contribution in [0, 0.1) is 0 Å². The second-order valence-corrected chi connectivity index (χ2v) is 5.71. The van der Waals surface area contributed by atoms with Crippen LogP contribution in [0.4, 0.5) is 0 Å². The quantitative estimate of drug-likeness (QED) is 0.871. The smallest absolute Gasteiger partial charge is 0.119 e. The Hall–Kier alpha value is -1.10. The minimum absolute atomic E-state index is 0.285. The summed E-state index contributed by atoms with van der Waals surface area (Å²) >= 11 is 0. The molecule has 1 aliphatic rings. The lowest BCUT2D eigenvalue weighted by atomic mass is 10.0. The van der Waals surface area contributed by atoms with Crippen molar-refractivity contribution < 1.29 is 4.74 Å². The van der Waals surface area contributed by atoms with Crippen molar-refractivity contribution in [3.8, 4) is 5.75 Å². The van der Waals surface area contributed by atoms with E-state index in [1.54, 1.807) is 7.11 Å². The van der Waals surface area contributed by atoms with Gasteiger partial charge in [0.1, 0.15) is 5.75 Å². The highest BCUT2D eigenvalue weighted by Crippen LogP contribution is 2.26. The summed E-state index contributed by atoms with van der Waals surface area (Å²) in [4.78, 5) is 5.12. The summed E-state index contributed by atoms with van der Waals surface area (Å²) in [6, 6.07) is 9.24. The van der Waals surface area contributed by atoms with Gasteiger partial charge >= 0.3 is 0 Å². The van der Waals surface area contributed by atoms with E-state index in [0.29, 0.717) is 12.6 Å². The highest BCUT2D eigenvalue weighted by atomic mass is 16.5. The fourth-order valence-corrected chi connectivity index (χ4v) is 3.35. The number of piperazine rings is 1. The molecule has 0 radical (unpaired) electrons. The maximum absolute atomic E-state index is 6.09. The zero-order chi connectivity index (χ0) is 15.2. The van der Waals surface area contributed by atoms with Crippen LogP contribution >= 0.6 is 0 Å². The van der Waals surface area contributed by atoms with Gasteiger partial charge in [-0.3, -0.25) is 9.80 Å². The van der Waals surface area contributed by atoms with Gasteiger partial charge in [-0.25, -0.2) is 0 Å². The van der Waals surface area contributed by atoms with E-state index in [1.807, 2.05) is 6.07 Å². The predicted octanol–water partition coefficient (Wildman–Crippen LogP) is 2.11. The highest BCUT2D eigenvalue weighted by Gasteiger charge is 2.29. The fraction of sp³-hybridized carbons (Fsp3) is 0.647. The molecule has 1 aromatic rings. The first-order chi connectivity index (χ1) is 10.2. The van der Waals surface area contributed by atoms with E-state index in [9.17, 15) is 0 Å². The fourth-order valence-electron chi connectivity index (χ4n) is 3.35. The Morgan fingerprint density at radius 1 is 1.33 bits per heavy atom. The normalized spacial score (nSPS) is 22.2. The van der Waals surface area contributed by atoms with Gasteiger partial charge in [-0.1, -0.05) is 26.0 Å². The molecule has 2 rings (SSSR count). The third kappa shape index (κ3) is 3.76. The summed E-state index contributed by atoms with van der Waals surface area (Å²) in [6.45, 7) is 9.64. The molecule has 2 unspecified atom stereocenters. The third-order valence-corrected chi connectivity index (χ3v) is 4.66. The first kappa shape index (κ1) is 16.3. The molecule has 1 aliphatic heterocycles. The second kappa shape index (κ2) is 7.78. The lowest BCUT2D eigenvalue weighted by Gasteiger charge is -2.44. The van der Waals surface area contributed by atoms with E-state index in [2.05, 4.69) is 41.8 Å². The zero-order valence-electron chi connectivity index (χ0n) is 13.6. The van der Waals surface area contributed by atoms with Gasteiger partial charge in [0.15, 0.2) is 0 Å². The van der Waals surface area contributed by atoms with Crippen molar-refractivity contribution in [2.45, 2.75) is 32.4 Å². The highest BCUT2D eigenvalue weighted by molar-refractivity contribution is 5.31. The molecular weight excluding hydrogens is 262 g/mol. The van der Waals surface area contributed by atoms with Crippen LogP contribution in [0.1, 0.15) is 31.9 Å². The molecular formula is C17H29N3O. The average molecular weight is 291 g/mol. The lowest BCUT2D eigenvalue weighted by Crippen LogP contribution is -2.54. The van der Waals surface area contributed by atoms with Crippen molar-refractivity contribution >= 4 is 0 Å². The van der Waals surface area contributed by atoms with Gasteiger partial charge in [0.2, 0.25) is 0 Å². The predicted molar refractivity (Wildman–Crippen MR) is 87.7 cm³/mol. The van der Waals surface area contributed by atoms with Gasteiger partial charge in [0.25, 0.3) is 0 Å². The van der Waals surface area contributed by atoms with Crippen molar-refractivity contribution in [1.29, 1.82) is 0 Å². The van der Waals surface area contributed by atoms with Crippen LogP contribution in [0.25, 0.3) is 0 Å². The van der Waals surface area contributed by atoms with Gasteiger partial charge in [0, 0.05) is 38.3 Å². The summed E-state index contributed by atoms with van der Waals surface area (Å²) in [6.07, 6.45) is 1.19. The van der Waals surface area contributed by atoms with E-state index in [-0.39, 0.29) is 6.04 Å². The molecule has 2 N–H and O–H groups in total. The summed E-state index contributed by atoms with van der Waals surface area (Å²) in [7, 11) is 1.71. The van der Waals surface area contributed by atoms with Crippen molar-refractivity contribution in [3.63, 3.8) is 0 Å². The Morgan fingerprint density at radius 2 is 2.14 bits per heavy atom. The number of hydrogen-bond acceptors (Lipinski definition) is 4. The van der Waals surface area contributed by atoms with Crippen molar-refractivity contribution in [2.75, 3.05) is 39.8 Å². The summed E-state index contributed by atoms with van der Waals surface area (Å²) in [5.41, 5.74) is 7.35. The lowest BCUT2D eigenvalue weighted by molar-refractivity contribution is 0.0508. The third-order valence-electron chi connectivity index (χ3n) is 4.66. The maximum Gasteiger partial charge on any atom is 0.119 e. The monoisotopic (exact) mass is 291 g/mol. The average Bonchev–Trinajstić information content (AvgIpc) is 2.55. The van der Waals surface area contributed by atoms with Crippen LogP contribution in [-0.2, 0) is 0 Å². The molecule has 1 heterocycles. The molecule has 4 nitrogen and oxygen atoms in total. The van der Waals surface area contributed by atoms with E-state index in [1.165, 1.54) is 12.0 Å². The van der Waals surface area contributed by atoms with E-state index in [4.69, 9.17) is 10.5 Å². The molecule has 21 heavy (non-hydrogen) atoms. The number of benzene rings is 1. The molecule has 0 bridgehead atoms. The maximum atomic E-state index is 6.09. The summed E-state index contributed by atoms with van der Waals surface area (Å²) in [5, 5.41) is 0. The SMILES string of the molecule is CCC1CN(C(CN)c2cccc(OC)c2)CCN1CC. The Morgan fingerprint density at radius 3 is 2.76 bits per heavy atom. The molecule has 1 aromatic carbocycles. The van der Waals surface area contributed by atoms with Crippen molar-refractivity contribution in [1.82, 2.24) is 9.80 Å². The van der Waals surface area contributed by atoms with Gasteiger partial charge in [-0.05, 0) is 30.7 Å². The van der Waals surface area contributed by atoms with Gasteiger partial charge in [-0.2, -0.15) is 0 Å². The first-order valence-electron chi connectivity index (χ1n) is 8.05. The molecule has 2 atom stereocenters. The van der Waals surface area contributed by atoms with E-state index in [0.717, 1.165) is 31.9 Å².